The molecule has 3 nitrogen and oxygen atoms in total. The topological polar surface area (TPSA) is 33.3 Å². The number of hydrogen-bond acceptors (Lipinski definition) is 3. The van der Waals surface area contributed by atoms with Crippen molar-refractivity contribution in [2.75, 3.05) is 7.05 Å². The fourth-order valence-corrected chi connectivity index (χ4v) is 0.936. The van der Waals surface area contributed by atoms with Gasteiger partial charge in [-0.15, -0.1) is 0 Å². The van der Waals surface area contributed by atoms with Gasteiger partial charge in [0.2, 0.25) is 0 Å². The molecule has 1 unspecified atom stereocenters. The standard InChI is InChI=1S/C9H14N2O/c1-8(11-10-2)12-9-6-4-3-5-7-9/h3-8,10-11H,1-2H3. The first-order valence-electron chi connectivity index (χ1n) is 3.97. The summed E-state index contributed by atoms with van der Waals surface area (Å²) in [6, 6.07) is 9.70. The van der Waals surface area contributed by atoms with Gasteiger partial charge in [0.05, 0.1) is 0 Å². The Labute approximate surface area is 72.7 Å². The highest BCUT2D eigenvalue weighted by Crippen LogP contribution is 2.09. The Hall–Kier alpha value is -1.06. The lowest BCUT2D eigenvalue weighted by molar-refractivity contribution is 0.168. The summed E-state index contributed by atoms with van der Waals surface area (Å²) in [6.45, 7) is 1.93. The fourth-order valence-electron chi connectivity index (χ4n) is 0.936. The molecular formula is C9H14N2O. The molecule has 0 heterocycles. The van der Waals surface area contributed by atoms with Crippen molar-refractivity contribution in [3.63, 3.8) is 0 Å². The largest absolute Gasteiger partial charge is 0.474 e. The highest BCUT2D eigenvalue weighted by molar-refractivity contribution is 5.21. The minimum atomic E-state index is -0.0302. The van der Waals surface area contributed by atoms with E-state index in [9.17, 15) is 0 Å². The maximum atomic E-state index is 5.48. The van der Waals surface area contributed by atoms with Crippen molar-refractivity contribution < 1.29 is 4.74 Å². The first kappa shape index (κ1) is 9.03. The van der Waals surface area contributed by atoms with Crippen molar-refractivity contribution in [2.24, 2.45) is 0 Å². The Balaban J connectivity index is 2.41. The summed E-state index contributed by atoms with van der Waals surface area (Å²) in [5, 5.41) is 0. The summed E-state index contributed by atoms with van der Waals surface area (Å²) < 4.78 is 5.48. The molecule has 0 spiro atoms. The van der Waals surface area contributed by atoms with Crippen LogP contribution in [0.3, 0.4) is 0 Å². The van der Waals surface area contributed by atoms with E-state index in [1.165, 1.54) is 0 Å². The van der Waals surface area contributed by atoms with Gasteiger partial charge in [0.1, 0.15) is 5.75 Å². The molecule has 3 heteroatoms. The third kappa shape index (κ3) is 2.90. The third-order valence-electron chi connectivity index (χ3n) is 1.40. The van der Waals surface area contributed by atoms with Crippen LogP contribution in [0.5, 0.6) is 5.75 Å². The predicted molar refractivity (Wildman–Crippen MR) is 48.7 cm³/mol. The lowest BCUT2D eigenvalue weighted by Crippen LogP contribution is -2.39. The van der Waals surface area contributed by atoms with Crippen molar-refractivity contribution in [3.8, 4) is 5.75 Å². The van der Waals surface area contributed by atoms with Gasteiger partial charge in [0.25, 0.3) is 0 Å². The van der Waals surface area contributed by atoms with E-state index in [1.807, 2.05) is 44.3 Å². The zero-order chi connectivity index (χ0) is 8.81. The molecule has 1 atom stereocenters. The number of hydrogen-bond donors (Lipinski definition) is 2. The highest BCUT2D eigenvalue weighted by atomic mass is 16.5. The van der Waals surface area contributed by atoms with E-state index < -0.39 is 0 Å². The molecule has 0 aliphatic heterocycles. The van der Waals surface area contributed by atoms with E-state index in [2.05, 4.69) is 10.9 Å². The minimum absolute atomic E-state index is 0.0302. The summed E-state index contributed by atoms with van der Waals surface area (Å²) in [5.41, 5.74) is 5.73. The van der Waals surface area contributed by atoms with Crippen LogP contribution in [-0.2, 0) is 0 Å². The van der Waals surface area contributed by atoms with Crippen molar-refractivity contribution in [1.29, 1.82) is 0 Å². The number of rotatable bonds is 4. The maximum absolute atomic E-state index is 5.48. The van der Waals surface area contributed by atoms with E-state index >= 15 is 0 Å². The zero-order valence-corrected chi connectivity index (χ0v) is 7.37. The van der Waals surface area contributed by atoms with Crippen LogP contribution in [0.4, 0.5) is 0 Å². The molecule has 0 radical (unpaired) electrons. The van der Waals surface area contributed by atoms with Gasteiger partial charge in [-0.05, 0) is 26.1 Å². The van der Waals surface area contributed by atoms with Crippen LogP contribution >= 0.6 is 0 Å². The molecule has 0 saturated carbocycles. The van der Waals surface area contributed by atoms with Gasteiger partial charge in [0.15, 0.2) is 6.23 Å². The van der Waals surface area contributed by atoms with Crippen LogP contribution in [0.15, 0.2) is 30.3 Å². The molecule has 0 amide bonds. The average molecular weight is 166 g/mol. The summed E-state index contributed by atoms with van der Waals surface area (Å²) in [6.07, 6.45) is -0.0302. The Morgan fingerprint density at radius 1 is 1.25 bits per heavy atom. The van der Waals surface area contributed by atoms with Gasteiger partial charge in [-0.3, -0.25) is 5.43 Å². The zero-order valence-electron chi connectivity index (χ0n) is 7.37. The summed E-state index contributed by atoms with van der Waals surface area (Å²) in [5.74, 6) is 0.868. The second kappa shape index (κ2) is 4.74. The van der Waals surface area contributed by atoms with Crippen LogP contribution in [0, 0.1) is 0 Å². The van der Waals surface area contributed by atoms with Crippen LogP contribution in [0.25, 0.3) is 0 Å². The summed E-state index contributed by atoms with van der Waals surface area (Å²) in [7, 11) is 1.81. The molecular weight excluding hydrogens is 152 g/mol. The van der Waals surface area contributed by atoms with Crippen LogP contribution in [0.2, 0.25) is 0 Å². The second-order valence-corrected chi connectivity index (χ2v) is 2.47. The number of ether oxygens (including phenoxy) is 1. The fraction of sp³-hybridized carbons (Fsp3) is 0.333. The molecule has 1 rings (SSSR count). The van der Waals surface area contributed by atoms with E-state index in [0.29, 0.717) is 0 Å². The molecule has 0 fully saturated rings. The van der Waals surface area contributed by atoms with E-state index in [-0.39, 0.29) is 6.23 Å². The van der Waals surface area contributed by atoms with E-state index in [4.69, 9.17) is 4.74 Å². The van der Waals surface area contributed by atoms with E-state index in [1.54, 1.807) is 0 Å². The first-order valence-corrected chi connectivity index (χ1v) is 3.97. The molecule has 1 aromatic rings. The Morgan fingerprint density at radius 2 is 1.92 bits per heavy atom. The monoisotopic (exact) mass is 166 g/mol. The quantitative estimate of drug-likeness (QED) is 0.519. The molecule has 0 saturated heterocycles. The van der Waals surface area contributed by atoms with Gasteiger partial charge in [-0.1, -0.05) is 18.2 Å². The SMILES string of the molecule is CNNC(C)Oc1ccccc1. The Bertz CT molecular complexity index is 213. The molecule has 12 heavy (non-hydrogen) atoms. The van der Waals surface area contributed by atoms with Gasteiger partial charge >= 0.3 is 0 Å². The molecule has 66 valence electrons. The molecule has 0 aromatic heterocycles. The normalized spacial score (nSPS) is 12.5. The average Bonchev–Trinajstić information content (AvgIpc) is 2.06. The van der Waals surface area contributed by atoms with Crippen LogP contribution < -0.4 is 15.6 Å². The first-order chi connectivity index (χ1) is 5.83. The lowest BCUT2D eigenvalue weighted by Gasteiger charge is -2.14. The van der Waals surface area contributed by atoms with Crippen LogP contribution in [0.1, 0.15) is 6.92 Å². The molecule has 0 bridgehead atoms. The van der Waals surface area contributed by atoms with Crippen molar-refractivity contribution in [2.45, 2.75) is 13.2 Å². The maximum Gasteiger partial charge on any atom is 0.159 e. The number of hydrazine groups is 1. The lowest BCUT2D eigenvalue weighted by atomic mass is 10.3. The van der Waals surface area contributed by atoms with Crippen LogP contribution in [-0.4, -0.2) is 13.3 Å². The summed E-state index contributed by atoms with van der Waals surface area (Å²) in [4.78, 5) is 0. The Kier molecular flexibility index (Phi) is 3.57. The summed E-state index contributed by atoms with van der Waals surface area (Å²) >= 11 is 0. The smallest absolute Gasteiger partial charge is 0.159 e. The van der Waals surface area contributed by atoms with Crippen molar-refractivity contribution in [3.05, 3.63) is 30.3 Å². The number of para-hydroxylation sites is 1. The molecule has 0 aliphatic rings. The molecule has 1 aromatic carbocycles. The van der Waals surface area contributed by atoms with E-state index in [0.717, 1.165) is 5.75 Å². The molecule has 0 aliphatic carbocycles. The van der Waals surface area contributed by atoms with Gasteiger partial charge in [0, 0.05) is 0 Å². The Morgan fingerprint density at radius 3 is 2.50 bits per heavy atom. The van der Waals surface area contributed by atoms with Gasteiger partial charge in [-0.25, -0.2) is 5.43 Å². The molecule has 2 N–H and O–H groups in total. The third-order valence-corrected chi connectivity index (χ3v) is 1.40. The minimum Gasteiger partial charge on any atom is -0.474 e. The predicted octanol–water partition coefficient (Wildman–Crippen LogP) is 1.14. The number of nitrogens with one attached hydrogen (secondary N) is 2. The van der Waals surface area contributed by atoms with Gasteiger partial charge in [-0.2, -0.15) is 0 Å². The van der Waals surface area contributed by atoms with Crippen molar-refractivity contribution in [1.82, 2.24) is 10.9 Å². The van der Waals surface area contributed by atoms with Crippen molar-refractivity contribution >= 4 is 0 Å². The second-order valence-electron chi connectivity index (χ2n) is 2.47. The number of benzene rings is 1. The van der Waals surface area contributed by atoms with Gasteiger partial charge < -0.3 is 4.74 Å². The highest BCUT2D eigenvalue weighted by Gasteiger charge is 1.98.